The first-order valence-corrected chi connectivity index (χ1v) is 7.54. The normalized spacial score (nSPS) is 12.3. The summed E-state index contributed by atoms with van der Waals surface area (Å²) in [5, 5.41) is 12.0. The minimum Gasteiger partial charge on any atom is -0.395 e. The number of aliphatic hydroxyl groups is 1. The van der Waals surface area contributed by atoms with Crippen molar-refractivity contribution in [1.82, 2.24) is 13.9 Å². The third-order valence-electron chi connectivity index (χ3n) is 2.48. The monoisotopic (exact) mass is 279 g/mol. The van der Waals surface area contributed by atoms with Crippen LogP contribution in [0.5, 0.6) is 0 Å². The Bertz CT molecular complexity index is 319. The van der Waals surface area contributed by atoms with Crippen LogP contribution in [0.1, 0.15) is 13.3 Å². The van der Waals surface area contributed by atoms with Gasteiger partial charge in [-0.3, -0.25) is 0 Å². The van der Waals surface area contributed by atoms with Crippen LogP contribution in [-0.4, -0.2) is 68.5 Å². The van der Waals surface area contributed by atoms with Gasteiger partial charge in [-0.15, -0.1) is 6.58 Å². The lowest BCUT2D eigenvalue weighted by Crippen LogP contribution is -2.44. The number of nitrogens with zero attached hydrogens (tertiary/aromatic N) is 2. The highest BCUT2D eigenvalue weighted by atomic mass is 32.2. The maximum absolute atomic E-state index is 12.1. The number of hydrogen-bond donors (Lipinski definition) is 2. The van der Waals surface area contributed by atoms with Crippen LogP contribution in [0.25, 0.3) is 0 Å². The highest BCUT2D eigenvalue weighted by molar-refractivity contribution is 7.86. The van der Waals surface area contributed by atoms with Crippen molar-refractivity contribution in [3.05, 3.63) is 12.7 Å². The summed E-state index contributed by atoms with van der Waals surface area (Å²) < 4.78 is 26.8. The predicted molar refractivity (Wildman–Crippen MR) is 73.6 cm³/mol. The maximum atomic E-state index is 12.1. The standard InChI is InChI=1S/C11H25N3O3S/c1-4-8-14(10-11-15)18(16,17)13(3)9-6-7-12-5-2/h4,12,15H,1,5-11H2,2-3H3. The quantitative estimate of drug-likeness (QED) is 0.400. The number of nitrogens with one attached hydrogen (secondary N) is 1. The number of aliphatic hydroxyl groups excluding tert-OH is 1. The first kappa shape index (κ1) is 17.5. The van der Waals surface area contributed by atoms with Gasteiger partial charge in [-0.25, -0.2) is 0 Å². The van der Waals surface area contributed by atoms with Gasteiger partial charge in [-0.1, -0.05) is 13.0 Å². The van der Waals surface area contributed by atoms with Crippen LogP contribution in [0.2, 0.25) is 0 Å². The van der Waals surface area contributed by atoms with Crippen molar-refractivity contribution in [2.75, 3.05) is 46.4 Å². The fourth-order valence-corrected chi connectivity index (χ4v) is 2.83. The third-order valence-corrected chi connectivity index (χ3v) is 4.43. The van der Waals surface area contributed by atoms with Gasteiger partial charge in [0.25, 0.3) is 10.2 Å². The highest BCUT2D eigenvalue weighted by Gasteiger charge is 2.24. The van der Waals surface area contributed by atoms with Gasteiger partial charge in [0.05, 0.1) is 6.61 Å². The Balaban J connectivity index is 4.41. The van der Waals surface area contributed by atoms with Gasteiger partial charge in [0.15, 0.2) is 0 Å². The van der Waals surface area contributed by atoms with E-state index in [2.05, 4.69) is 11.9 Å². The second-order valence-electron chi connectivity index (χ2n) is 3.91. The van der Waals surface area contributed by atoms with Crippen LogP contribution in [0.15, 0.2) is 12.7 Å². The molecule has 0 spiro atoms. The molecule has 0 aromatic carbocycles. The van der Waals surface area contributed by atoms with Crippen molar-refractivity contribution in [3.63, 3.8) is 0 Å². The highest BCUT2D eigenvalue weighted by Crippen LogP contribution is 2.06. The molecule has 0 aliphatic carbocycles. The minimum absolute atomic E-state index is 0.0892. The summed E-state index contributed by atoms with van der Waals surface area (Å²) in [5.41, 5.74) is 0. The van der Waals surface area contributed by atoms with E-state index < -0.39 is 10.2 Å². The summed E-state index contributed by atoms with van der Waals surface area (Å²) in [4.78, 5) is 0. The number of hydrogen-bond acceptors (Lipinski definition) is 4. The van der Waals surface area contributed by atoms with E-state index in [4.69, 9.17) is 5.11 Å². The topological polar surface area (TPSA) is 72.9 Å². The Labute approximate surface area is 110 Å². The molecular weight excluding hydrogens is 254 g/mol. The fraction of sp³-hybridized carbons (Fsp3) is 0.818. The van der Waals surface area contributed by atoms with Gasteiger partial charge < -0.3 is 10.4 Å². The molecule has 0 saturated carbocycles. The summed E-state index contributed by atoms with van der Waals surface area (Å²) in [6.07, 6.45) is 2.27. The fourth-order valence-electron chi connectivity index (χ4n) is 1.47. The molecule has 0 aromatic heterocycles. The molecule has 0 aliphatic rings. The molecule has 0 fully saturated rings. The summed E-state index contributed by atoms with van der Waals surface area (Å²) >= 11 is 0. The molecule has 0 aliphatic heterocycles. The van der Waals surface area contributed by atoms with Gasteiger partial charge in [0.2, 0.25) is 0 Å². The molecule has 0 heterocycles. The SMILES string of the molecule is C=CCN(CCO)S(=O)(=O)N(C)CCCNCC. The lowest BCUT2D eigenvalue weighted by Gasteiger charge is -2.26. The van der Waals surface area contributed by atoms with E-state index in [0.29, 0.717) is 6.54 Å². The second-order valence-corrected chi connectivity index (χ2v) is 5.94. The van der Waals surface area contributed by atoms with E-state index in [0.717, 1.165) is 19.5 Å². The Morgan fingerprint density at radius 2 is 2.06 bits per heavy atom. The Morgan fingerprint density at radius 1 is 1.39 bits per heavy atom. The molecular formula is C11H25N3O3S. The van der Waals surface area contributed by atoms with E-state index in [1.54, 1.807) is 7.05 Å². The molecule has 108 valence electrons. The largest absolute Gasteiger partial charge is 0.395 e. The first-order chi connectivity index (χ1) is 8.50. The first-order valence-electron chi connectivity index (χ1n) is 6.14. The van der Waals surface area contributed by atoms with Crippen LogP contribution < -0.4 is 5.32 Å². The van der Waals surface area contributed by atoms with E-state index in [9.17, 15) is 8.42 Å². The predicted octanol–water partition coefficient (Wildman–Crippen LogP) is -0.357. The van der Waals surface area contributed by atoms with Crippen molar-refractivity contribution in [2.45, 2.75) is 13.3 Å². The molecule has 6 nitrogen and oxygen atoms in total. The molecule has 0 aromatic rings. The van der Waals surface area contributed by atoms with Gasteiger partial charge in [-0.05, 0) is 19.5 Å². The van der Waals surface area contributed by atoms with E-state index in [1.807, 2.05) is 6.92 Å². The summed E-state index contributed by atoms with van der Waals surface area (Å²) in [7, 11) is -1.95. The lowest BCUT2D eigenvalue weighted by atomic mass is 10.4. The average molecular weight is 279 g/mol. The van der Waals surface area contributed by atoms with Crippen LogP contribution in [0.4, 0.5) is 0 Å². The molecule has 0 unspecified atom stereocenters. The van der Waals surface area contributed by atoms with Gasteiger partial charge in [0.1, 0.15) is 0 Å². The second kappa shape index (κ2) is 9.46. The Morgan fingerprint density at radius 3 is 2.56 bits per heavy atom. The van der Waals surface area contributed by atoms with Crippen LogP contribution in [-0.2, 0) is 10.2 Å². The molecule has 0 rings (SSSR count). The Hall–Kier alpha value is -0.470. The molecule has 0 amide bonds. The molecule has 2 N–H and O–H groups in total. The number of rotatable bonds is 11. The zero-order valence-electron chi connectivity index (χ0n) is 11.3. The van der Waals surface area contributed by atoms with Crippen molar-refractivity contribution < 1.29 is 13.5 Å². The van der Waals surface area contributed by atoms with Gasteiger partial charge in [0, 0.05) is 26.7 Å². The maximum Gasteiger partial charge on any atom is 0.282 e. The summed E-state index contributed by atoms with van der Waals surface area (Å²) in [6, 6.07) is 0. The smallest absolute Gasteiger partial charge is 0.282 e. The van der Waals surface area contributed by atoms with Crippen molar-refractivity contribution >= 4 is 10.2 Å². The minimum atomic E-state index is -3.50. The molecule has 18 heavy (non-hydrogen) atoms. The molecule has 0 radical (unpaired) electrons. The molecule has 0 atom stereocenters. The lowest BCUT2D eigenvalue weighted by molar-refractivity contribution is 0.253. The molecule has 7 heteroatoms. The van der Waals surface area contributed by atoms with Crippen LogP contribution in [0, 0.1) is 0 Å². The summed E-state index contributed by atoms with van der Waals surface area (Å²) in [6.45, 7) is 7.76. The van der Waals surface area contributed by atoms with Gasteiger partial charge in [-0.2, -0.15) is 17.0 Å². The average Bonchev–Trinajstić information content (AvgIpc) is 2.34. The third kappa shape index (κ3) is 5.92. The van der Waals surface area contributed by atoms with Crippen LogP contribution >= 0.6 is 0 Å². The van der Waals surface area contributed by atoms with E-state index in [-0.39, 0.29) is 19.7 Å². The Kier molecular flexibility index (Phi) is 9.21. The van der Waals surface area contributed by atoms with Crippen molar-refractivity contribution in [2.24, 2.45) is 0 Å². The van der Waals surface area contributed by atoms with E-state index in [1.165, 1.54) is 14.7 Å². The zero-order valence-corrected chi connectivity index (χ0v) is 12.1. The zero-order chi connectivity index (χ0) is 14.0. The molecule has 0 bridgehead atoms. The van der Waals surface area contributed by atoms with E-state index >= 15 is 0 Å². The van der Waals surface area contributed by atoms with Crippen molar-refractivity contribution in [3.8, 4) is 0 Å². The molecule has 0 saturated heterocycles. The van der Waals surface area contributed by atoms with Crippen molar-refractivity contribution in [1.29, 1.82) is 0 Å². The summed E-state index contributed by atoms with van der Waals surface area (Å²) in [5.74, 6) is 0. The van der Waals surface area contributed by atoms with Gasteiger partial charge >= 0.3 is 0 Å². The van der Waals surface area contributed by atoms with Crippen LogP contribution in [0.3, 0.4) is 0 Å².